The quantitative estimate of drug-likeness (QED) is 0.330. The van der Waals surface area contributed by atoms with E-state index < -0.39 is 6.04 Å². The van der Waals surface area contributed by atoms with E-state index in [1.165, 1.54) is 12.0 Å². The molecule has 1 aliphatic carbocycles. The number of aromatic nitrogens is 1. The van der Waals surface area contributed by atoms with Crippen LogP contribution in [0.5, 0.6) is 0 Å². The van der Waals surface area contributed by atoms with Gasteiger partial charge in [0, 0.05) is 51.5 Å². The van der Waals surface area contributed by atoms with Crippen LogP contribution in [-0.2, 0) is 25.5 Å². The first-order chi connectivity index (χ1) is 19.8. The Labute approximate surface area is 248 Å². The smallest absolute Gasteiger partial charge is 0.243 e. The molecule has 0 bridgehead atoms. The van der Waals surface area contributed by atoms with Crippen LogP contribution >= 0.6 is 11.3 Å². The third kappa shape index (κ3) is 9.48. The predicted molar refractivity (Wildman–Crippen MR) is 163 cm³/mol. The summed E-state index contributed by atoms with van der Waals surface area (Å²) in [5, 5.41) is 10.0. The third-order valence-corrected chi connectivity index (χ3v) is 9.34. The first-order valence-electron chi connectivity index (χ1n) is 15.4. The Bertz CT molecular complexity index is 1160. The second-order valence-electron chi connectivity index (χ2n) is 11.7. The summed E-state index contributed by atoms with van der Waals surface area (Å²) >= 11 is 1.57. The lowest BCUT2D eigenvalue weighted by atomic mass is 9.83. The van der Waals surface area contributed by atoms with Crippen molar-refractivity contribution in [2.75, 3.05) is 39.4 Å². The van der Waals surface area contributed by atoms with Gasteiger partial charge in [-0.1, -0.05) is 46.1 Å². The number of ether oxygens (including phenoxy) is 1. The second kappa shape index (κ2) is 15.6. The van der Waals surface area contributed by atoms with E-state index in [0.29, 0.717) is 57.4 Å². The molecule has 10 heteroatoms. The highest BCUT2D eigenvalue weighted by Crippen LogP contribution is 2.28. The minimum atomic E-state index is -0.725. The molecule has 1 aliphatic heterocycles. The SMILES string of the molecule is CCC(=O)N[C@@H](Cc1nc2ccc(C(C)C)cc2s1)C(=O)NC[C@@H](NC(=O)CCN1CCOCC1)C1CCCCC1. The number of morpholine rings is 1. The highest BCUT2D eigenvalue weighted by Gasteiger charge is 2.28. The van der Waals surface area contributed by atoms with Crippen LogP contribution in [0.4, 0.5) is 0 Å². The fourth-order valence-corrected chi connectivity index (χ4v) is 6.75. The number of carbonyl (C=O) groups is 3. The van der Waals surface area contributed by atoms with Gasteiger partial charge in [0.1, 0.15) is 6.04 Å². The van der Waals surface area contributed by atoms with Gasteiger partial charge in [0.15, 0.2) is 0 Å². The van der Waals surface area contributed by atoms with Crippen molar-refractivity contribution in [1.29, 1.82) is 0 Å². The Kier molecular flexibility index (Phi) is 11.9. The summed E-state index contributed by atoms with van der Waals surface area (Å²) in [5.41, 5.74) is 2.16. The maximum absolute atomic E-state index is 13.5. The topological polar surface area (TPSA) is 113 Å². The Morgan fingerprint density at radius 3 is 2.54 bits per heavy atom. The molecule has 2 atom stereocenters. The monoisotopic (exact) mass is 585 g/mol. The van der Waals surface area contributed by atoms with E-state index in [2.05, 4.69) is 46.8 Å². The van der Waals surface area contributed by atoms with E-state index in [1.807, 2.05) is 6.07 Å². The number of hydrogen-bond acceptors (Lipinski definition) is 7. The van der Waals surface area contributed by atoms with Crippen LogP contribution in [0.1, 0.15) is 82.2 Å². The van der Waals surface area contributed by atoms with E-state index in [9.17, 15) is 14.4 Å². The number of thiazole rings is 1. The number of hydrogen-bond donors (Lipinski definition) is 3. The van der Waals surface area contributed by atoms with Gasteiger partial charge < -0.3 is 20.7 Å². The number of nitrogens with zero attached hydrogens (tertiary/aromatic N) is 2. The molecule has 2 fully saturated rings. The molecular formula is C31H47N5O4S. The number of nitrogens with one attached hydrogen (secondary N) is 3. The molecule has 1 saturated carbocycles. The van der Waals surface area contributed by atoms with Crippen LogP contribution < -0.4 is 16.0 Å². The maximum atomic E-state index is 13.5. The van der Waals surface area contributed by atoms with E-state index in [0.717, 1.165) is 54.0 Å². The van der Waals surface area contributed by atoms with Crippen molar-refractivity contribution in [2.24, 2.45) is 5.92 Å². The minimum Gasteiger partial charge on any atom is -0.379 e. The molecule has 1 aromatic carbocycles. The molecule has 0 radical (unpaired) electrons. The lowest BCUT2D eigenvalue weighted by Gasteiger charge is -2.32. The summed E-state index contributed by atoms with van der Waals surface area (Å²) in [6.07, 6.45) is 6.65. The number of benzene rings is 1. The highest BCUT2D eigenvalue weighted by molar-refractivity contribution is 7.18. The van der Waals surface area contributed by atoms with Gasteiger partial charge in [0.2, 0.25) is 17.7 Å². The van der Waals surface area contributed by atoms with Gasteiger partial charge in [-0.15, -0.1) is 11.3 Å². The number of amides is 3. The van der Waals surface area contributed by atoms with E-state index in [-0.39, 0.29) is 23.8 Å². The first kappa shape index (κ1) is 31.4. The fraction of sp³-hybridized carbons (Fsp3) is 0.677. The third-order valence-electron chi connectivity index (χ3n) is 8.30. The molecule has 0 unspecified atom stereocenters. The molecule has 3 N–H and O–H groups in total. The van der Waals surface area contributed by atoms with Crippen molar-refractivity contribution in [1.82, 2.24) is 25.8 Å². The zero-order valence-electron chi connectivity index (χ0n) is 24.9. The fourth-order valence-electron chi connectivity index (χ4n) is 5.68. The van der Waals surface area contributed by atoms with E-state index >= 15 is 0 Å². The van der Waals surface area contributed by atoms with Gasteiger partial charge in [-0.25, -0.2) is 4.98 Å². The first-order valence-corrected chi connectivity index (χ1v) is 16.2. The number of fused-ring (bicyclic) bond motifs is 1. The lowest BCUT2D eigenvalue weighted by Crippen LogP contribution is -2.53. The second-order valence-corrected chi connectivity index (χ2v) is 12.8. The maximum Gasteiger partial charge on any atom is 0.243 e. The van der Waals surface area contributed by atoms with Crippen molar-refractivity contribution in [3.63, 3.8) is 0 Å². The standard InChI is InChI=1S/C31H47N5O4S/c1-4-28(37)33-25(19-30-35-24-11-10-23(21(2)3)18-27(24)41-30)31(39)32-20-26(22-8-6-5-7-9-22)34-29(38)12-13-36-14-16-40-17-15-36/h10-11,18,21-22,25-26H,4-9,12-17,19-20H2,1-3H3,(H,32,39)(H,33,37)(H,34,38)/t25-,26+/m0/s1. The van der Waals surface area contributed by atoms with Crippen LogP contribution in [0.2, 0.25) is 0 Å². The van der Waals surface area contributed by atoms with Crippen LogP contribution in [-0.4, -0.2) is 79.1 Å². The lowest BCUT2D eigenvalue weighted by molar-refractivity contribution is -0.129. The van der Waals surface area contributed by atoms with Crippen molar-refractivity contribution < 1.29 is 19.1 Å². The van der Waals surface area contributed by atoms with Crippen molar-refractivity contribution >= 4 is 39.3 Å². The van der Waals surface area contributed by atoms with Crippen molar-refractivity contribution in [3.8, 4) is 0 Å². The molecule has 9 nitrogen and oxygen atoms in total. The zero-order chi connectivity index (χ0) is 29.2. The summed E-state index contributed by atoms with van der Waals surface area (Å²) in [6, 6.07) is 5.44. The molecule has 41 heavy (non-hydrogen) atoms. The largest absolute Gasteiger partial charge is 0.379 e. The molecule has 226 valence electrons. The summed E-state index contributed by atoms with van der Waals surface area (Å²) in [7, 11) is 0. The molecule has 2 aromatic rings. The molecule has 2 aliphatic rings. The molecular weight excluding hydrogens is 538 g/mol. The summed E-state index contributed by atoms with van der Waals surface area (Å²) in [5.74, 6) is 0.363. The van der Waals surface area contributed by atoms with E-state index in [1.54, 1.807) is 18.3 Å². The van der Waals surface area contributed by atoms with Crippen LogP contribution in [0.3, 0.4) is 0 Å². The molecule has 2 heterocycles. The van der Waals surface area contributed by atoms with Gasteiger partial charge >= 0.3 is 0 Å². The molecule has 1 aromatic heterocycles. The van der Waals surface area contributed by atoms with Gasteiger partial charge in [0.25, 0.3) is 0 Å². The van der Waals surface area contributed by atoms with Crippen molar-refractivity contribution in [3.05, 3.63) is 28.8 Å². The van der Waals surface area contributed by atoms with E-state index in [4.69, 9.17) is 9.72 Å². The predicted octanol–water partition coefficient (Wildman–Crippen LogP) is 3.76. The Morgan fingerprint density at radius 1 is 1.07 bits per heavy atom. The van der Waals surface area contributed by atoms with Gasteiger partial charge in [-0.05, 0) is 42.4 Å². The van der Waals surface area contributed by atoms with Crippen molar-refractivity contribution in [2.45, 2.75) is 90.1 Å². The number of carbonyl (C=O) groups excluding carboxylic acids is 3. The van der Waals surface area contributed by atoms with Gasteiger partial charge in [-0.3, -0.25) is 19.3 Å². The Balaban J connectivity index is 1.39. The molecule has 3 amide bonds. The molecule has 4 rings (SSSR count). The minimum absolute atomic E-state index is 0.0207. The highest BCUT2D eigenvalue weighted by atomic mass is 32.1. The summed E-state index contributed by atoms with van der Waals surface area (Å²) < 4.78 is 6.50. The average Bonchev–Trinajstić information content (AvgIpc) is 3.40. The average molecular weight is 586 g/mol. The summed E-state index contributed by atoms with van der Waals surface area (Å²) in [4.78, 5) is 45.8. The molecule has 1 saturated heterocycles. The van der Waals surface area contributed by atoms with Gasteiger partial charge in [-0.2, -0.15) is 0 Å². The summed E-state index contributed by atoms with van der Waals surface area (Å²) in [6.45, 7) is 10.3. The Morgan fingerprint density at radius 2 is 1.83 bits per heavy atom. The molecule has 0 spiro atoms. The van der Waals surface area contributed by atoms with Gasteiger partial charge in [0.05, 0.1) is 28.4 Å². The Hall–Kier alpha value is -2.56. The van der Waals surface area contributed by atoms with Crippen LogP contribution in [0.25, 0.3) is 10.2 Å². The normalized spacial score (nSPS) is 18.2. The van der Waals surface area contributed by atoms with Crippen LogP contribution in [0.15, 0.2) is 18.2 Å². The number of rotatable bonds is 13. The van der Waals surface area contributed by atoms with Crippen LogP contribution in [0, 0.1) is 5.92 Å². The zero-order valence-corrected chi connectivity index (χ0v) is 25.7.